The van der Waals surface area contributed by atoms with E-state index in [2.05, 4.69) is 61.5 Å². The summed E-state index contributed by atoms with van der Waals surface area (Å²) in [5, 5.41) is 15.4. The van der Waals surface area contributed by atoms with Crippen LogP contribution < -0.4 is 15.5 Å². The largest absolute Gasteiger partial charge is 0.352 e. The molecule has 51 heavy (non-hydrogen) atoms. The number of amides is 2. The van der Waals surface area contributed by atoms with Crippen LogP contribution in [0.25, 0.3) is 22.3 Å². The van der Waals surface area contributed by atoms with Gasteiger partial charge in [0.2, 0.25) is 11.8 Å². The first-order chi connectivity index (χ1) is 24.6. The van der Waals surface area contributed by atoms with Crippen LogP contribution in [0, 0.1) is 0 Å². The van der Waals surface area contributed by atoms with Crippen LogP contribution in [0.4, 0.5) is 17.5 Å². The highest BCUT2D eigenvalue weighted by atomic mass is 32.2. The van der Waals surface area contributed by atoms with Crippen LogP contribution in [0.2, 0.25) is 0 Å². The van der Waals surface area contributed by atoms with Gasteiger partial charge in [-0.1, -0.05) is 24.3 Å². The summed E-state index contributed by atoms with van der Waals surface area (Å²) < 4.78 is 28.2. The van der Waals surface area contributed by atoms with Crippen LogP contribution in [0.15, 0.2) is 61.2 Å². The third-order valence-electron chi connectivity index (χ3n) is 9.70. The Morgan fingerprint density at radius 2 is 1.75 bits per heavy atom. The summed E-state index contributed by atoms with van der Waals surface area (Å²) in [6.07, 6.45) is 8.63. The monoisotopic (exact) mass is 709 g/mol. The van der Waals surface area contributed by atoms with Crippen molar-refractivity contribution in [2.75, 3.05) is 36.4 Å². The molecular weight excluding hydrogens is 671 g/mol. The molecule has 2 N–H and O–H groups in total. The van der Waals surface area contributed by atoms with Crippen LogP contribution in [-0.2, 0) is 26.2 Å². The second kappa shape index (κ2) is 13.2. The predicted molar refractivity (Wildman–Crippen MR) is 191 cm³/mol. The molecule has 2 saturated heterocycles. The van der Waals surface area contributed by atoms with Gasteiger partial charge in [-0.3, -0.25) is 24.5 Å². The number of pyridine rings is 1. The maximum Gasteiger partial charge on any atom is 0.256 e. The fourth-order valence-corrected chi connectivity index (χ4v) is 8.21. The molecule has 1 saturated carbocycles. The fourth-order valence-electron chi connectivity index (χ4n) is 6.73. The summed E-state index contributed by atoms with van der Waals surface area (Å²) in [4.78, 5) is 42.2. The third kappa shape index (κ3) is 6.68. The molecule has 1 atom stereocenters. The number of piperazine rings is 1. The molecule has 3 aliphatic rings. The number of carbonyl (C=O) groups is 2. The van der Waals surface area contributed by atoms with Crippen molar-refractivity contribution >= 4 is 50.2 Å². The maximum atomic E-state index is 12.6. The summed E-state index contributed by atoms with van der Waals surface area (Å²) in [6, 6.07) is 12.0. The van der Waals surface area contributed by atoms with Gasteiger partial charge in [0.25, 0.3) is 10.0 Å². The smallest absolute Gasteiger partial charge is 0.256 e. The van der Waals surface area contributed by atoms with E-state index in [0.717, 1.165) is 59.1 Å². The van der Waals surface area contributed by atoms with Gasteiger partial charge < -0.3 is 10.2 Å². The molecule has 1 aliphatic carbocycles. The van der Waals surface area contributed by atoms with E-state index in [4.69, 9.17) is 10.1 Å². The Morgan fingerprint density at radius 1 is 0.961 bits per heavy atom. The highest BCUT2D eigenvalue weighted by molar-refractivity contribution is 7.90. The molecule has 5 aromatic rings. The van der Waals surface area contributed by atoms with Gasteiger partial charge in [0, 0.05) is 63.6 Å². The number of rotatable bonds is 10. The van der Waals surface area contributed by atoms with Crippen molar-refractivity contribution in [1.29, 1.82) is 0 Å². The first kappa shape index (κ1) is 33.0. The molecular formula is C35H39N11O4S. The molecule has 6 heterocycles. The Kier molecular flexibility index (Phi) is 8.50. The average molecular weight is 710 g/mol. The lowest BCUT2D eigenvalue weighted by atomic mass is 9.90. The SMILES string of the molecule is CC(C)n1nc(N2CCN(Cc3ccc(C4CCC(=O)NC4=O)cc3)CC2)c2cnc(Nc3ccnc(-c4cnn(S(=O)(=O)C5CC5)c4)n3)cc21. The fraction of sp³-hybridized carbons (Fsp3) is 0.400. The second-order valence-corrected chi connectivity index (χ2v) is 15.8. The molecule has 0 radical (unpaired) electrons. The summed E-state index contributed by atoms with van der Waals surface area (Å²) in [5.74, 6) is 1.70. The van der Waals surface area contributed by atoms with Crippen molar-refractivity contribution in [1.82, 2.24) is 44.1 Å². The number of anilines is 3. The van der Waals surface area contributed by atoms with Gasteiger partial charge in [-0.2, -0.15) is 14.3 Å². The zero-order chi connectivity index (χ0) is 35.3. The Balaban J connectivity index is 0.935. The predicted octanol–water partition coefficient (Wildman–Crippen LogP) is 3.59. The minimum atomic E-state index is -3.48. The molecule has 2 amide bonds. The van der Waals surface area contributed by atoms with E-state index in [-0.39, 0.29) is 29.0 Å². The van der Waals surface area contributed by atoms with E-state index in [0.29, 0.717) is 48.7 Å². The molecule has 2 aliphatic heterocycles. The Hall–Kier alpha value is -5.22. The highest BCUT2D eigenvalue weighted by Gasteiger charge is 2.38. The second-order valence-electron chi connectivity index (χ2n) is 13.7. The van der Waals surface area contributed by atoms with Gasteiger partial charge >= 0.3 is 0 Å². The van der Waals surface area contributed by atoms with E-state index in [9.17, 15) is 18.0 Å². The van der Waals surface area contributed by atoms with Crippen molar-refractivity contribution < 1.29 is 18.0 Å². The van der Waals surface area contributed by atoms with Gasteiger partial charge in [-0.05, 0) is 50.3 Å². The zero-order valence-electron chi connectivity index (χ0n) is 28.4. The topological polar surface area (TPSA) is 173 Å². The Morgan fingerprint density at radius 3 is 2.47 bits per heavy atom. The lowest BCUT2D eigenvalue weighted by Crippen LogP contribution is -2.46. The normalized spacial score (nSPS) is 18.8. The first-order valence-electron chi connectivity index (χ1n) is 17.3. The summed E-state index contributed by atoms with van der Waals surface area (Å²) in [6.45, 7) is 8.41. The number of imide groups is 1. The highest BCUT2D eigenvalue weighted by Crippen LogP contribution is 2.32. The number of piperidine rings is 1. The van der Waals surface area contributed by atoms with E-state index in [1.807, 2.05) is 29.1 Å². The quantitative estimate of drug-likeness (QED) is 0.202. The minimum absolute atomic E-state index is 0.120. The number of benzene rings is 1. The van der Waals surface area contributed by atoms with Crippen molar-refractivity contribution in [3.8, 4) is 11.4 Å². The number of nitrogens with zero attached hydrogens (tertiary/aromatic N) is 9. The number of carbonyl (C=O) groups excluding carboxylic acids is 2. The molecule has 0 spiro atoms. The molecule has 3 fully saturated rings. The summed E-state index contributed by atoms with van der Waals surface area (Å²) in [7, 11) is -3.48. The maximum absolute atomic E-state index is 12.6. The minimum Gasteiger partial charge on any atom is -0.352 e. The van der Waals surface area contributed by atoms with E-state index >= 15 is 0 Å². The number of hydrogen-bond acceptors (Lipinski definition) is 12. The molecule has 1 aromatic carbocycles. The molecule has 16 heteroatoms. The van der Waals surface area contributed by atoms with Gasteiger partial charge in [-0.25, -0.2) is 23.4 Å². The average Bonchev–Trinajstić information content (AvgIpc) is 3.74. The van der Waals surface area contributed by atoms with E-state index in [1.165, 1.54) is 18.0 Å². The Bertz CT molecular complexity index is 2220. The van der Waals surface area contributed by atoms with Gasteiger partial charge in [0.15, 0.2) is 11.6 Å². The van der Waals surface area contributed by atoms with Crippen LogP contribution in [0.3, 0.4) is 0 Å². The molecule has 15 nitrogen and oxygen atoms in total. The van der Waals surface area contributed by atoms with Crippen LogP contribution in [0.5, 0.6) is 0 Å². The van der Waals surface area contributed by atoms with Gasteiger partial charge in [0.1, 0.15) is 11.6 Å². The number of nitrogens with one attached hydrogen (secondary N) is 2. The molecule has 4 aromatic heterocycles. The van der Waals surface area contributed by atoms with Crippen LogP contribution in [0.1, 0.15) is 62.6 Å². The Labute approximate surface area is 295 Å². The lowest BCUT2D eigenvalue weighted by molar-refractivity contribution is -0.134. The van der Waals surface area contributed by atoms with E-state index < -0.39 is 10.0 Å². The van der Waals surface area contributed by atoms with Crippen molar-refractivity contribution in [2.24, 2.45) is 0 Å². The first-order valence-corrected chi connectivity index (χ1v) is 18.8. The number of aromatic nitrogens is 7. The van der Waals surface area contributed by atoms with E-state index in [1.54, 1.807) is 12.3 Å². The summed E-state index contributed by atoms with van der Waals surface area (Å²) >= 11 is 0. The lowest BCUT2D eigenvalue weighted by Gasteiger charge is -2.35. The molecule has 8 rings (SSSR count). The van der Waals surface area contributed by atoms with Crippen molar-refractivity contribution in [2.45, 2.75) is 63.3 Å². The van der Waals surface area contributed by atoms with Crippen LogP contribution >= 0.6 is 0 Å². The molecule has 1 unspecified atom stereocenters. The molecule has 0 bridgehead atoms. The third-order valence-corrected chi connectivity index (χ3v) is 11.7. The number of fused-ring (bicyclic) bond motifs is 1. The van der Waals surface area contributed by atoms with Crippen molar-refractivity contribution in [3.05, 3.63) is 72.3 Å². The summed E-state index contributed by atoms with van der Waals surface area (Å²) in [5.41, 5.74) is 3.60. The van der Waals surface area contributed by atoms with Gasteiger partial charge in [-0.15, -0.1) is 0 Å². The molecule has 264 valence electrons. The zero-order valence-corrected chi connectivity index (χ0v) is 29.3. The van der Waals surface area contributed by atoms with Crippen LogP contribution in [-0.4, -0.2) is 90.5 Å². The number of hydrogen-bond donors (Lipinski definition) is 2. The standard InChI is InChI=1S/C35H39N11O4S/c1-22(2)46-29-17-31(39-30-11-12-36-33(40-30)25-18-38-45(21-25)51(49,50)26-7-8-26)37-19-28(29)34(42-46)44-15-13-43(14-16-44)20-23-3-5-24(6-4-23)27-9-10-32(47)41-35(27)48/h3-6,11-12,17-19,21-22,26-27H,7-10,13-16,20H2,1-2H3,(H,41,47,48)(H,36,37,39,40). The van der Waals surface area contributed by atoms with Crippen molar-refractivity contribution in [3.63, 3.8) is 0 Å². The van der Waals surface area contributed by atoms with Gasteiger partial charge in [0.05, 0.1) is 40.0 Å².